The number of ether oxygens (including phenoxy) is 11. The van der Waals surface area contributed by atoms with E-state index in [0.29, 0.717) is 11.1 Å². The summed E-state index contributed by atoms with van der Waals surface area (Å²) in [4.78, 5) is 120. The maximum atomic E-state index is 14.7. The Labute approximate surface area is 638 Å². The van der Waals surface area contributed by atoms with Crippen LogP contribution in [0.15, 0.2) is 291 Å². The van der Waals surface area contributed by atoms with E-state index in [1.807, 2.05) is 72.8 Å². The fourth-order valence-electron chi connectivity index (χ4n) is 11.5. The first-order chi connectivity index (χ1) is 53.9. The quantitative estimate of drug-likeness (QED) is 0.0486. The summed E-state index contributed by atoms with van der Waals surface area (Å²) in [5.74, 6) is -19.4. The molecule has 27 heteroatoms. The van der Waals surface area contributed by atoms with Gasteiger partial charge in [0, 0.05) is 11.1 Å². The van der Waals surface area contributed by atoms with Crippen LogP contribution < -0.4 is 9.47 Å². The fraction of sp³-hybridized carbons (Fsp3) is 0.106. The number of aliphatic hydroxyl groups is 1. The molecule has 0 radical (unpaired) electrons. The van der Waals surface area contributed by atoms with E-state index in [1.165, 1.54) is 84.9 Å². The van der Waals surface area contributed by atoms with E-state index in [-0.39, 0.29) is 88.0 Å². The molecule has 0 amide bonds. The van der Waals surface area contributed by atoms with Gasteiger partial charge < -0.3 is 62.3 Å². The zero-order chi connectivity index (χ0) is 79.2. The average Bonchev–Trinajstić information content (AvgIpc) is 1.65. The number of aliphatic carboxylic acids is 1. The Morgan fingerprint density at radius 2 is 0.616 bits per heavy atom. The van der Waals surface area contributed by atoms with Crippen LogP contribution in [0.1, 0.15) is 102 Å². The molecule has 0 spiro atoms. The molecule has 5 aliphatic rings. The number of hydrogen-bond donors (Lipinski definition) is 2. The monoisotopic (exact) mass is 1540 g/mol. The van der Waals surface area contributed by atoms with E-state index in [2.05, 4.69) is 4.74 Å². The summed E-state index contributed by atoms with van der Waals surface area (Å²) in [7, 11) is 0. The lowest BCUT2D eigenvalue weighted by molar-refractivity contribution is -0.211. The van der Waals surface area contributed by atoms with Gasteiger partial charge in [-0.05, 0) is 113 Å². The Morgan fingerprint density at radius 1 is 0.321 bits per heavy atom. The lowest BCUT2D eigenvalue weighted by Crippen LogP contribution is -2.43. The van der Waals surface area contributed by atoms with Crippen molar-refractivity contribution < 1.29 is 123 Å². The van der Waals surface area contributed by atoms with Gasteiger partial charge in [-0.3, -0.25) is 0 Å². The second-order valence-corrected chi connectivity index (χ2v) is 24.9. The van der Waals surface area contributed by atoms with Crippen LogP contribution in [0.25, 0.3) is 0 Å². The van der Waals surface area contributed by atoms with Crippen molar-refractivity contribution >= 4 is 71.3 Å². The number of hydrogen-bond acceptors (Lipinski definition) is 22. The molecule has 0 bridgehead atoms. The molecular formula is C85H58ClF3O23. The molecule has 0 fully saturated rings. The Morgan fingerprint density at radius 3 is 1.05 bits per heavy atom. The largest absolute Gasteiger partial charge is 0.475 e. The minimum absolute atomic E-state index is 0.0122. The highest BCUT2D eigenvalue weighted by Crippen LogP contribution is 2.44. The summed E-state index contributed by atoms with van der Waals surface area (Å²) < 4.78 is 97.3. The van der Waals surface area contributed by atoms with Crippen LogP contribution in [0, 0.1) is 11.6 Å². The first-order valence-electron chi connectivity index (χ1n) is 33.7. The number of benzene rings is 11. The summed E-state index contributed by atoms with van der Waals surface area (Å²) in [6, 6.07) is 77.0. The van der Waals surface area contributed by atoms with Crippen LogP contribution in [0.4, 0.5) is 13.2 Å². The first kappa shape index (κ1) is 77.4. The van der Waals surface area contributed by atoms with Gasteiger partial charge in [-0.1, -0.05) is 212 Å². The Hall–Kier alpha value is -14.2. The second-order valence-electron chi connectivity index (χ2n) is 24.4. The number of carboxylic acid groups (broad SMARTS) is 1. The van der Waals surface area contributed by atoms with Crippen LogP contribution in [-0.4, -0.2) is 69.9 Å². The van der Waals surface area contributed by atoms with Crippen molar-refractivity contribution in [1.82, 2.24) is 0 Å². The summed E-state index contributed by atoms with van der Waals surface area (Å²) in [5.41, 5.74) is 4.54. The van der Waals surface area contributed by atoms with Gasteiger partial charge in [-0.15, -0.1) is 0 Å². The topological polar surface area (TPSA) is 313 Å². The van der Waals surface area contributed by atoms with Gasteiger partial charge in [0.2, 0.25) is 0 Å². The molecule has 0 saturated carbocycles. The van der Waals surface area contributed by atoms with Crippen molar-refractivity contribution in [3.63, 3.8) is 0 Å². The molecule has 16 rings (SSSR count). The van der Waals surface area contributed by atoms with Crippen LogP contribution >= 0.6 is 11.6 Å². The lowest BCUT2D eigenvalue weighted by atomic mass is 10.0. The number of halogens is 4. The van der Waals surface area contributed by atoms with Crippen molar-refractivity contribution in [1.29, 1.82) is 0 Å². The van der Waals surface area contributed by atoms with E-state index >= 15 is 0 Å². The summed E-state index contributed by atoms with van der Waals surface area (Å²) in [6.45, 7) is -0.0610. The fourth-order valence-corrected chi connectivity index (χ4v) is 11.8. The molecule has 0 aliphatic carbocycles. The van der Waals surface area contributed by atoms with E-state index in [9.17, 15) is 71.3 Å². The number of alkyl halides is 2. The third-order valence-electron chi connectivity index (χ3n) is 17.0. The molecule has 5 unspecified atom stereocenters. The van der Waals surface area contributed by atoms with Crippen molar-refractivity contribution in [2.45, 2.75) is 54.7 Å². The van der Waals surface area contributed by atoms with E-state index in [1.54, 1.807) is 121 Å². The van der Waals surface area contributed by atoms with Gasteiger partial charge in [-0.25, -0.2) is 56.7 Å². The predicted octanol–water partition coefficient (Wildman–Crippen LogP) is 13.7. The zero-order valence-corrected chi connectivity index (χ0v) is 58.8. The normalized spacial score (nSPS) is 19.2. The van der Waals surface area contributed by atoms with Gasteiger partial charge in [0.15, 0.2) is 0 Å². The van der Waals surface area contributed by atoms with Gasteiger partial charge in [0.1, 0.15) is 49.6 Å². The highest BCUT2D eigenvalue weighted by molar-refractivity contribution is 6.35. The molecule has 11 aromatic carbocycles. The minimum atomic E-state index is -2.87. The van der Waals surface area contributed by atoms with Crippen molar-refractivity contribution in [3.8, 4) is 11.5 Å². The molecule has 5 atom stereocenters. The highest BCUT2D eigenvalue weighted by Gasteiger charge is 2.59. The summed E-state index contributed by atoms with van der Waals surface area (Å²) >= 11 is 6.20. The molecule has 0 aromatic heterocycles. The molecule has 5 heterocycles. The highest BCUT2D eigenvalue weighted by atomic mass is 35.5. The molecule has 112 heavy (non-hydrogen) atoms. The Balaban J connectivity index is 0.000000131. The number of carbonyl (C=O) groups excluding carboxylic acids is 9. The van der Waals surface area contributed by atoms with Crippen LogP contribution in [0.2, 0.25) is 0 Å². The van der Waals surface area contributed by atoms with Crippen LogP contribution in [0.3, 0.4) is 0 Å². The Bertz CT molecular complexity index is 5080. The number of fused-ring (bicyclic) bond motifs is 5. The third kappa shape index (κ3) is 16.6. The number of cyclic esters (lactones) is 5. The lowest BCUT2D eigenvalue weighted by Gasteiger charge is -2.27. The van der Waals surface area contributed by atoms with Crippen molar-refractivity contribution in [3.05, 3.63) is 381 Å². The van der Waals surface area contributed by atoms with Gasteiger partial charge >= 0.3 is 88.0 Å². The molecule has 23 nitrogen and oxygen atoms in total. The molecule has 2 N–H and O–H groups in total. The predicted molar refractivity (Wildman–Crippen MR) is 384 cm³/mol. The molecule has 5 aliphatic heterocycles. The maximum Gasteiger partial charge on any atom is 0.398 e. The molecule has 11 aromatic rings. The number of esters is 9. The first-order valence-corrected chi connectivity index (χ1v) is 34.0. The smallest absolute Gasteiger partial charge is 0.398 e. The number of carbonyl (C=O) groups is 10. The van der Waals surface area contributed by atoms with Crippen molar-refractivity contribution in [2.24, 2.45) is 0 Å². The summed E-state index contributed by atoms with van der Waals surface area (Å²) in [6.07, 6.45) is 0. The van der Waals surface area contributed by atoms with Crippen molar-refractivity contribution in [2.75, 3.05) is 0 Å². The minimum Gasteiger partial charge on any atom is -0.475 e. The summed E-state index contributed by atoms with van der Waals surface area (Å²) in [5, 5.41) is 17.9. The maximum absolute atomic E-state index is 14.7. The van der Waals surface area contributed by atoms with Gasteiger partial charge in [0.05, 0.1) is 44.5 Å². The standard InChI is InChI=1S/C22H15FO5.C16H11ClO4.C16H11FO4.C16H12O5.C15H9FO5/c23-16-10-12-17(13-11-16)27-22(19-9-5-4-8-18(19)20(24)28-22)21(25)26-14-15-6-2-1-3-7-15;2*17-16(13-9-5-4-8-12(13)14(18)21-16)15(19)20-10-11-6-2-1-3-7-11;17-14-12-8-4-5-9-13(12)16(19,21-14)15(18)20-10-11-6-2-1-3-7-11;16-9-5-7-10(8-6-9)20-15(14(18)19)12-4-2-1-3-11(12)13(17)21-15/h1-13H,14H2;2*1-9H,10H2;1-9,19H,10H2;1-8H,(H,18,19). The van der Waals surface area contributed by atoms with Gasteiger partial charge in [-0.2, -0.15) is 4.39 Å². The zero-order valence-electron chi connectivity index (χ0n) is 58.0. The SMILES string of the molecule is O=C1OC(Cl)(C(=O)OCc2ccccc2)c2ccccc21.O=C1OC(F)(C(=O)OCc2ccccc2)c2ccccc21.O=C1OC(O)(C(=O)OCc2ccccc2)c2ccccc21.O=C1OC(Oc2ccc(F)cc2)(C(=O)O)c2ccccc21.O=C1OC(Oc2ccc(F)cc2)(C(=O)OCc2ccccc2)c2ccccc21. The number of carboxylic acids is 1. The molecule has 564 valence electrons. The van der Waals surface area contributed by atoms with E-state index in [0.717, 1.165) is 28.8 Å². The second kappa shape index (κ2) is 33.5. The number of rotatable bonds is 17. The average molecular weight is 1540 g/mol. The van der Waals surface area contributed by atoms with Gasteiger partial charge in [0.25, 0.3) is 0 Å². The third-order valence-corrected chi connectivity index (χ3v) is 17.5. The molecular weight excluding hydrogens is 1480 g/mol. The van der Waals surface area contributed by atoms with E-state index < -0.39 is 99.6 Å². The molecule has 0 saturated heterocycles. The van der Waals surface area contributed by atoms with Crippen LogP contribution in [0.5, 0.6) is 11.5 Å². The van der Waals surface area contributed by atoms with E-state index in [4.69, 9.17) is 59.0 Å². The Kier molecular flexibility index (Phi) is 23.1. The van der Waals surface area contributed by atoms with Crippen LogP contribution in [-0.2, 0) is 121 Å².